The van der Waals surface area contributed by atoms with Crippen molar-refractivity contribution in [3.8, 4) is 5.75 Å². The number of halogens is 2. The van der Waals surface area contributed by atoms with E-state index in [9.17, 15) is 4.39 Å². The molecule has 66 valence electrons. The predicted octanol–water partition coefficient (Wildman–Crippen LogP) is 2.46. The van der Waals surface area contributed by atoms with Crippen LogP contribution in [0.5, 0.6) is 5.75 Å². The molecular formula is C8H8ClFO2. The Labute approximate surface area is 74.9 Å². The number of ether oxygens (including phenoxy) is 2. The summed E-state index contributed by atoms with van der Waals surface area (Å²) in [5, 5.41) is 0.0450. The van der Waals surface area contributed by atoms with Crippen LogP contribution in [-0.4, -0.2) is 13.9 Å². The molecule has 0 fully saturated rings. The first kappa shape index (κ1) is 9.29. The second-order valence-electron chi connectivity index (χ2n) is 2.10. The molecule has 12 heavy (non-hydrogen) atoms. The summed E-state index contributed by atoms with van der Waals surface area (Å²) >= 11 is 5.50. The SMILES string of the molecule is COCOc1cccc(Cl)c1F. The molecule has 0 radical (unpaired) electrons. The van der Waals surface area contributed by atoms with E-state index in [2.05, 4.69) is 4.74 Å². The topological polar surface area (TPSA) is 18.5 Å². The third-order valence-electron chi connectivity index (χ3n) is 1.25. The van der Waals surface area contributed by atoms with Gasteiger partial charge < -0.3 is 9.47 Å². The van der Waals surface area contributed by atoms with Crippen LogP contribution in [0.25, 0.3) is 0 Å². The van der Waals surface area contributed by atoms with Crippen LogP contribution in [-0.2, 0) is 4.74 Å². The highest BCUT2D eigenvalue weighted by Gasteiger charge is 2.05. The van der Waals surface area contributed by atoms with Gasteiger partial charge in [0.15, 0.2) is 18.4 Å². The van der Waals surface area contributed by atoms with Gasteiger partial charge in [0.05, 0.1) is 5.02 Å². The summed E-state index contributed by atoms with van der Waals surface area (Å²) in [6.45, 7) is 0.0112. The fourth-order valence-corrected chi connectivity index (χ4v) is 0.884. The lowest BCUT2D eigenvalue weighted by Crippen LogP contribution is -2.00. The van der Waals surface area contributed by atoms with Crippen molar-refractivity contribution in [2.45, 2.75) is 0 Å². The average Bonchev–Trinajstić information content (AvgIpc) is 2.08. The van der Waals surface area contributed by atoms with Gasteiger partial charge in [0.25, 0.3) is 0 Å². The number of methoxy groups -OCH3 is 1. The summed E-state index contributed by atoms with van der Waals surface area (Å²) in [6.07, 6.45) is 0. The molecule has 0 spiro atoms. The molecule has 0 aromatic heterocycles. The number of hydrogen-bond donors (Lipinski definition) is 0. The molecule has 0 saturated heterocycles. The van der Waals surface area contributed by atoms with Gasteiger partial charge in [-0.1, -0.05) is 17.7 Å². The first-order chi connectivity index (χ1) is 5.75. The highest BCUT2D eigenvalue weighted by atomic mass is 35.5. The van der Waals surface area contributed by atoms with Crippen molar-refractivity contribution in [3.05, 3.63) is 29.0 Å². The van der Waals surface area contributed by atoms with E-state index in [0.29, 0.717) is 0 Å². The molecule has 0 unspecified atom stereocenters. The zero-order chi connectivity index (χ0) is 8.97. The van der Waals surface area contributed by atoms with Gasteiger partial charge in [-0.05, 0) is 12.1 Å². The fraction of sp³-hybridized carbons (Fsp3) is 0.250. The van der Waals surface area contributed by atoms with E-state index in [4.69, 9.17) is 16.3 Å². The summed E-state index contributed by atoms with van der Waals surface area (Å²) < 4.78 is 22.5. The monoisotopic (exact) mass is 190 g/mol. The van der Waals surface area contributed by atoms with Gasteiger partial charge in [-0.2, -0.15) is 0 Å². The Hall–Kier alpha value is -0.800. The summed E-state index contributed by atoms with van der Waals surface area (Å²) in [4.78, 5) is 0. The molecule has 0 bridgehead atoms. The molecule has 0 saturated carbocycles. The molecule has 2 nitrogen and oxygen atoms in total. The average molecular weight is 191 g/mol. The van der Waals surface area contributed by atoms with Gasteiger partial charge in [0, 0.05) is 7.11 Å². The minimum atomic E-state index is -0.559. The van der Waals surface area contributed by atoms with Crippen LogP contribution < -0.4 is 4.74 Å². The van der Waals surface area contributed by atoms with Crippen LogP contribution in [0.15, 0.2) is 18.2 Å². The molecule has 1 rings (SSSR count). The molecule has 0 aliphatic carbocycles. The number of hydrogen-bond acceptors (Lipinski definition) is 2. The van der Waals surface area contributed by atoms with Gasteiger partial charge in [0.1, 0.15) is 0 Å². The molecule has 0 aliphatic rings. The smallest absolute Gasteiger partial charge is 0.188 e. The van der Waals surface area contributed by atoms with Crippen LogP contribution in [0.3, 0.4) is 0 Å². The molecule has 0 amide bonds. The standard InChI is InChI=1S/C8H8ClFO2/c1-11-5-12-7-4-2-3-6(9)8(7)10/h2-4H,5H2,1H3. The van der Waals surface area contributed by atoms with Gasteiger partial charge in [-0.3, -0.25) is 0 Å². The van der Waals surface area contributed by atoms with Crippen molar-refractivity contribution in [2.24, 2.45) is 0 Å². The number of benzene rings is 1. The molecule has 0 atom stereocenters. The van der Waals surface area contributed by atoms with Gasteiger partial charge >= 0.3 is 0 Å². The Morgan fingerprint density at radius 2 is 2.25 bits per heavy atom. The molecule has 0 heterocycles. The zero-order valence-corrected chi connectivity index (χ0v) is 7.27. The first-order valence-electron chi connectivity index (χ1n) is 3.31. The molecular weight excluding hydrogens is 183 g/mol. The zero-order valence-electron chi connectivity index (χ0n) is 6.51. The maximum atomic E-state index is 13.0. The molecule has 0 N–H and O–H groups in total. The summed E-state index contributed by atoms with van der Waals surface area (Å²) in [5.41, 5.74) is 0. The minimum Gasteiger partial charge on any atom is -0.464 e. The molecule has 1 aromatic rings. The van der Waals surface area contributed by atoms with Crippen molar-refractivity contribution in [1.82, 2.24) is 0 Å². The van der Waals surface area contributed by atoms with Crippen molar-refractivity contribution >= 4 is 11.6 Å². The lowest BCUT2D eigenvalue weighted by Gasteiger charge is -2.05. The van der Waals surface area contributed by atoms with Crippen LogP contribution in [0, 0.1) is 5.82 Å². The fourth-order valence-electron chi connectivity index (χ4n) is 0.718. The third-order valence-corrected chi connectivity index (χ3v) is 1.54. The Balaban J connectivity index is 2.78. The van der Waals surface area contributed by atoms with Gasteiger partial charge in [-0.15, -0.1) is 0 Å². The third kappa shape index (κ3) is 2.09. The van der Waals surface area contributed by atoms with E-state index in [-0.39, 0.29) is 17.6 Å². The lowest BCUT2D eigenvalue weighted by molar-refractivity contribution is 0.0483. The normalized spacial score (nSPS) is 9.92. The van der Waals surface area contributed by atoms with E-state index < -0.39 is 5.82 Å². The summed E-state index contributed by atoms with van der Waals surface area (Å²) in [7, 11) is 1.46. The molecule has 4 heteroatoms. The van der Waals surface area contributed by atoms with Crippen molar-refractivity contribution in [1.29, 1.82) is 0 Å². The first-order valence-corrected chi connectivity index (χ1v) is 3.69. The molecule has 0 aliphatic heterocycles. The van der Waals surface area contributed by atoms with E-state index in [0.717, 1.165) is 0 Å². The summed E-state index contributed by atoms with van der Waals surface area (Å²) in [6, 6.07) is 4.55. The Kier molecular flexibility index (Phi) is 3.31. The lowest BCUT2D eigenvalue weighted by atomic mass is 10.3. The van der Waals surface area contributed by atoms with Gasteiger partial charge in [0.2, 0.25) is 0 Å². The number of rotatable bonds is 3. The predicted molar refractivity (Wildman–Crippen MR) is 43.9 cm³/mol. The van der Waals surface area contributed by atoms with Crippen LogP contribution in [0.2, 0.25) is 5.02 Å². The van der Waals surface area contributed by atoms with Crippen molar-refractivity contribution in [2.75, 3.05) is 13.9 Å². The largest absolute Gasteiger partial charge is 0.464 e. The van der Waals surface area contributed by atoms with E-state index in [1.54, 1.807) is 6.07 Å². The van der Waals surface area contributed by atoms with Crippen LogP contribution in [0.4, 0.5) is 4.39 Å². The quantitative estimate of drug-likeness (QED) is 0.682. The van der Waals surface area contributed by atoms with E-state index in [1.807, 2.05) is 0 Å². The van der Waals surface area contributed by atoms with Crippen LogP contribution >= 0.6 is 11.6 Å². The Morgan fingerprint density at radius 1 is 1.50 bits per heavy atom. The summed E-state index contributed by atoms with van der Waals surface area (Å²) in [5.74, 6) is -0.458. The Morgan fingerprint density at radius 3 is 2.92 bits per heavy atom. The second kappa shape index (κ2) is 4.28. The van der Waals surface area contributed by atoms with Crippen LogP contribution in [0.1, 0.15) is 0 Å². The highest BCUT2D eigenvalue weighted by Crippen LogP contribution is 2.23. The maximum absolute atomic E-state index is 13.0. The van der Waals surface area contributed by atoms with E-state index in [1.165, 1.54) is 19.2 Å². The highest BCUT2D eigenvalue weighted by molar-refractivity contribution is 6.30. The van der Waals surface area contributed by atoms with Crippen molar-refractivity contribution in [3.63, 3.8) is 0 Å². The Bertz CT molecular complexity index is 265. The van der Waals surface area contributed by atoms with Crippen molar-refractivity contribution < 1.29 is 13.9 Å². The minimum absolute atomic E-state index is 0.0112. The maximum Gasteiger partial charge on any atom is 0.188 e. The molecule has 1 aromatic carbocycles. The second-order valence-corrected chi connectivity index (χ2v) is 2.51. The van der Waals surface area contributed by atoms with Gasteiger partial charge in [-0.25, -0.2) is 4.39 Å². The van der Waals surface area contributed by atoms with E-state index >= 15 is 0 Å².